The Balaban J connectivity index is 1.80. The quantitative estimate of drug-likeness (QED) is 0.525. The Bertz CT molecular complexity index is 1250. The summed E-state index contributed by atoms with van der Waals surface area (Å²) < 4.78 is 15.1. The van der Waals surface area contributed by atoms with Crippen LogP contribution in [0.5, 0.6) is 0 Å². The molecule has 1 saturated heterocycles. The molecule has 0 radical (unpaired) electrons. The Morgan fingerprint density at radius 2 is 1.84 bits per heavy atom. The van der Waals surface area contributed by atoms with Crippen molar-refractivity contribution in [1.29, 1.82) is 0 Å². The van der Waals surface area contributed by atoms with Crippen LogP contribution in [0.15, 0.2) is 48.0 Å². The van der Waals surface area contributed by atoms with E-state index in [0.29, 0.717) is 10.7 Å². The van der Waals surface area contributed by atoms with E-state index in [9.17, 15) is 14.4 Å². The topological polar surface area (TPSA) is 69.7 Å². The van der Waals surface area contributed by atoms with Crippen molar-refractivity contribution in [3.63, 3.8) is 0 Å². The van der Waals surface area contributed by atoms with Crippen LogP contribution in [0.4, 0.5) is 20.6 Å². The van der Waals surface area contributed by atoms with Crippen LogP contribution in [-0.2, 0) is 9.59 Å². The average molecular weight is 454 g/mol. The lowest BCUT2D eigenvalue weighted by Gasteiger charge is -2.40. The Hall–Kier alpha value is -3.45. The van der Waals surface area contributed by atoms with Gasteiger partial charge in [-0.25, -0.2) is 14.1 Å². The third-order valence-corrected chi connectivity index (χ3v) is 6.04. The van der Waals surface area contributed by atoms with E-state index in [1.165, 1.54) is 24.3 Å². The van der Waals surface area contributed by atoms with Crippen LogP contribution < -0.4 is 15.1 Å². The lowest BCUT2D eigenvalue weighted by atomic mass is 9.88. The first-order valence-electron chi connectivity index (χ1n) is 9.94. The predicted octanol–water partition coefficient (Wildman–Crippen LogP) is 4.78. The first-order valence-corrected chi connectivity index (χ1v) is 10.3. The number of halogens is 2. The average Bonchev–Trinajstić information content (AvgIpc) is 2.69. The van der Waals surface area contributed by atoms with Crippen molar-refractivity contribution in [3.05, 3.63) is 70.0 Å². The molecule has 0 bridgehead atoms. The number of carbonyl (C=O) groups excluding carboxylic acids is 3. The molecule has 164 valence electrons. The molecule has 4 amide bonds. The number of anilines is 2. The van der Waals surface area contributed by atoms with E-state index < -0.39 is 23.7 Å². The number of nitrogens with one attached hydrogen (secondary N) is 1. The molecule has 4 rings (SSSR count). The minimum Gasteiger partial charge on any atom is -0.365 e. The Morgan fingerprint density at radius 3 is 2.53 bits per heavy atom. The van der Waals surface area contributed by atoms with E-state index in [0.717, 1.165) is 16.0 Å². The van der Waals surface area contributed by atoms with Gasteiger partial charge in [-0.15, -0.1) is 0 Å². The Kier molecular flexibility index (Phi) is 5.17. The maximum Gasteiger partial charge on any atom is 0.335 e. The van der Waals surface area contributed by atoms with Gasteiger partial charge in [0.05, 0.1) is 11.2 Å². The fourth-order valence-electron chi connectivity index (χ4n) is 3.96. The Morgan fingerprint density at radius 1 is 1.12 bits per heavy atom. The number of fused-ring (bicyclic) bond motifs is 1. The standard InChI is InChI=1S/C24H21ClFN3O3/c1-13-12-24(2,3)28(4)20-11-19(26)14(8-17(13)20)9-18-21(30)27-23(32)29(22(18)31)16-7-5-6-15(25)10-16/h5-12H,1-4H3,(H,27,30,32)/b18-9-. The number of allylic oxidation sites excluding steroid dienone is 1. The predicted molar refractivity (Wildman–Crippen MR) is 123 cm³/mol. The van der Waals surface area contributed by atoms with Gasteiger partial charge in [-0.2, -0.15) is 0 Å². The summed E-state index contributed by atoms with van der Waals surface area (Å²) in [7, 11) is 1.88. The van der Waals surface area contributed by atoms with Crippen molar-refractivity contribution in [2.45, 2.75) is 26.3 Å². The first kappa shape index (κ1) is 21.8. The van der Waals surface area contributed by atoms with Crippen LogP contribution in [0.1, 0.15) is 31.9 Å². The number of amides is 4. The van der Waals surface area contributed by atoms with Crippen molar-refractivity contribution in [2.75, 3.05) is 16.8 Å². The second kappa shape index (κ2) is 7.60. The lowest BCUT2D eigenvalue weighted by molar-refractivity contribution is -0.122. The molecule has 0 unspecified atom stereocenters. The molecule has 0 aliphatic carbocycles. The monoisotopic (exact) mass is 453 g/mol. The summed E-state index contributed by atoms with van der Waals surface area (Å²) in [5.74, 6) is -2.33. The highest BCUT2D eigenvalue weighted by Crippen LogP contribution is 2.39. The van der Waals surface area contributed by atoms with E-state index >= 15 is 4.39 Å². The fourth-order valence-corrected chi connectivity index (χ4v) is 4.15. The summed E-state index contributed by atoms with van der Waals surface area (Å²) in [6.45, 7) is 5.99. The molecule has 8 heteroatoms. The van der Waals surface area contributed by atoms with E-state index in [2.05, 4.69) is 11.4 Å². The molecule has 2 heterocycles. The molecule has 1 fully saturated rings. The number of barbiturate groups is 1. The van der Waals surface area contributed by atoms with Gasteiger partial charge in [0, 0.05) is 28.9 Å². The summed E-state index contributed by atoms with van der Waals surface area (Å²) in [5.41, 5.74) is 2.10. The molecular formula is C24H21ClFN3O3. The molecule has 0 atom stereocenters. The number of carbonyl (C=O) groups is 3. The maximum absolute atomic E-state index is 15.1. The number of benzene rings is 2. The molecule has 2 aliphatic heterocycles. The van der Waals surface area contributed by atoms with Gasteiger partial charge >= 0.3 is 6.03 Å². The highest BCUT2D eigenvalue weighted by atomic mass is 35.5. The zero-order chi connectivity index (χ0) is 23.4. The number of imide groups is 2. The van der Waals surface area contributed by atoms with Crippen LogP contribution in [0.25, 0.3) is 11.6 Å². The first-order chi connectivity index (χ1) is 15.0. The van der Waals surface area contributed by atoms with Gasteiger partial charge in [0.1, 0.15) is 11.4 Å². The molecule has 1 N–H and O–H groups in total. The van der Waals surface area contributed by atoms with Crippen molar-refractivity contribution < 1.29 is 18.8 Å². The molecule has 2 aliphatic rings. The SMILES string of the molecule is CC1=CC(C)(C)N(C)c2cc(F)c(/C=C3/C(=O)NC(=O)N(c4cccc(Cl)c4)C3=O)cc21. The van der Waals surface area contributed by atoms with Gasteiger partial charge in [-0.3, -0.25) is 14.9 Å². The minimum absolute atomic E-state index is 0.0727. The van der Waals surface area contributed by atoms with Crippen LogP contribution in [0, 0.1) is 5.82 Å². The minimum atomic E-state index is -0.895. The maximum atomic E-state index is 15.1. The van der Waals surface area contributed by atoms with Crippen molar-refractivity contribution in [2.24, 2.45) is 0 Å². The third kappa shape index (κ3) is 3.58. The molecule has 6 nitrogen and oxygen atoms in total. The lowest BCUT2D eigenvalue weighted by Crippen LogP contribution is -2.54. The second-order valence-corrected chi connectivity index (χ2v) is 8.81. The van der Waals surface area contributed by atoms with Gasteiger partial charge in [0.25, 0.3) is 11.8 Å². The van der Waals surface area contributed by atoms with Crippen molar-refractivity contribution >= 4 is 52.5 Å². The molecular weight excluding hydrogens is 433 g/mol. The molecule has 2 aromatic rings. The number of nitrogens with zero attached hydrogens (tertiary/aromatic N) is 2. The zero-order valence-electron chi connectivity index (χ0n) is 18.0. The summed E-state index contributed by atoms with van der Waals surface area (Å²) in [6, 6.07) is 8.22. The van der Waals surface area contributed by atoms with Gasteiger partial charge in [-0.05, 0) is 62.8 Å². The van der Waals surface area contributed by atoms with Gasteiger partial charge in [-0.1, -0.05) is 23.7 Å². The summed E-state index contributed by atoms with van der Waals surface area (Å²) in [4.78, 5) is 40.6. The Labute approximate surface area is 189 Å². The number of urea groups is 1. The van der Waals surface area contributed by atoms with Gasteiger partial charge in [0.2, 0.25) is 0 Å². The molecule has 0 saturated carbocycles. The molecule has 2 aromatic carbocycles. The van der Waals surface area contributed by atoms with E-state index in [1.54, 1.807) is 18.2 Å². The van der Waals surface area contributed by atoms with Gasteiger partial charge in [0.15, 0.2) is 0 Å². The largest absolute Gasteiger partial charge is 0.365 e. The highest BCUT2D eigenvalue weighted by molar-refractivity contribution is 6.39. The van der Waals surface area contributed by atoms with Crippen molar-refractivity contribution in [1.82, 2.24) is 5.32 Å². The van der Waals surface area contributed by atoms with E-state index in [-0.39, 0.29) is 22.4 Å². The zero-order valence-corrected chi connectivity index (χ0v) is 18.7. The van der Waals surface area contributed by atoms with Crippen LogP contribution in [-0.4, -0.2) is 30.4 Å². The van der Waals surface area contributed by atoms with E-state index in [1.807, 2.05) is 32.7 Å². The van der Waals surface area contributed by atoms with E-state index in [4.69, 9.17) is 11.6 Å². The molecule has 0 aromatic heterocycles. The second-order valence-electron chi connectivity index (χ2n) is 8.37. The molecule has 0 spiro atoms. The number of likely N-dealkylation sites (N-methyl/N-ethyl adjacent to an activating group) is 1. The third-order valence-electron chi connectivity index (χ3n) is 5.80. The van der Waals surface area contributed by atoms with Crippen molar-refractivity contribution in [3.8, 4) is 0 Å². The van der Waals surface area contributed by atoms with Crippen LogP contribution >= 0.6 is 11.6 Å². The van der Waals surface area contributed by atoms with Gasteiger partial charge < -0.3 is 4.90 Å². The summed E-state index contributed by atoms with van der Waals surface area (Å²) >= 11 is 5.98. The smallest absolute Gasteiger partial charge is 0.335 e. The number of hydrogen-bond acceptors (Lipinski definition) is 4. The van der Waals surface area contributed by atoms with Crippen LogP contribution in [0.2, 0.25) is 5.02 Å². The van der Waals surface area contributed by atoms with Crippen LogP contribution in [0.3, 0.4) is 0 Å². The fraction of sp³-hybridized carbons (Fsp3) is 0.208. The number of rotatable bonds is 2. The summed E-state index contributed by atoms with van der Waals surface area (Å²) in [5, 5.41) is 2.45. The highest BCUT2D eigenvalue weighted by Gasteiger charge is 2.37. The summed E-state index contributed by atoms with van der Waals surface area (Å²) in [6.07, 6.45) is 3.24. The number of hydrogen-bond donors (Lipinski definition) is 1. The molecule has 32 heavy (non-hydrogen) atoms. The normalized spacial score (nSPS) is 19.1.